The Labute approximate surface area is 110 Å². The number of urea groups is 1. The summed E-state index contributed by atoms with van der Waals surface area (Å²) in [6.45, 7) is 5.06. The molecule has 18 heavy (non-hydrogen) atoms. The molecule has 0 heterocycles. The van der Waals surface area contributed by atoms with Crippen molar-refractivity contribution >= 4 is 11.7 Å². The summed E-state index contributed by atoms with van der Waals surface area (Å²) in [6.07, 6.45) is 5.60. The number of nitrogens with one attached hydrogen (secondary N) is 2. The number of carbonyl (C=O) groups is 1. The highest BCUT2D eigenvalue weighted by Gasteiger charge is 2.00. The summed E-state index contributed by atoms with van der Waals surface area (Å²) in [4.78, 5) is 11.6. The highest BCUT2D eigenvalue weighted by Crippen LogP contribution is 2.10. The van der Waals surface area contributed by atoms with Crippen LogP contribution in [0.3, 0.4) is 0 Å². The van der Waals surface area contributed by atoms with Gasteiger partial charge >= 0.3 is 6.03 Å². The Bertz CT molecular complexity index is 346. The minimum absolute atomic E-state index is 0.116. The minimum Gasteiger partial charge on any atom is -0.338 e. The molecule has 0 saturated heterocycles. The van der Waals surface area contributed by atoms with Crippen molar-refractivity contribution in [3.05, 3.63) is 29.8 Å². The molecule has 3 nitrogen and oxygen atoms in total. The normalized spacial score (nSPS) is 10.1. The van der Waals surface area contributed by atoms with Crippen molar-refractivity contribution in [3.8, 4) is 0 Å². The van der Waals surface area contributed by atoms with Crippen molar-refractivity contribution in [2.45, 2.75) is 46.0 Å². The molecule has 0 bridgehead atoms. The van der Waals surface area contributed by atoms with E-state index >= 15 is 0 Å². The predicted octanol–water partition coefficient (Wildman–Crippen LogP) is 3.95. The summed E-state index contributed by atoms with van der Waals surface area (Å²) in [5.41, 5.74) is 2.16. The van der Waals surface area contributed by atoms with E-state index in [0.29, 0.717) is 0 Å². The predicted molar refractivity (Wildman–Crippen MR) is 77.0 cm³/mol. The van der Waals surface area contributed by atoms with Crippen molar-refractivity contribution in [2.75, 3.05) is 11.9 Å². The van der Waals surface area contributed by atoms with Crippen LogP contribution in [0.4, 0.5) is 10.5 Å². The van der Waals surface area contributed by atoms with Crippen LogP contribution in [0.25, 0.3) is 0 Å². The average Bonchev–Trinajstić information content (AvgIpc) is 2.37. The van der Waals surface area contributed by atoms with E-state index in [1.54, 1.807) is 0 Å². The molecule has 0 aliphatic heterocycles. The third-order valence-corrected chi connectivity index (χ3v) is 2.82. The first-order valence-electron chi connectivity index (χ1n) is 6.90. The first-order chi connectivity index (χ1) is 8.76. The lowest BCUT2D eigenvalue weighted by atomic mass is 10.1. The molecule has 0 spiro atoms. The molecule has 1 aromatic carbocycles. The second-order valence-electron chi connectivity index (χ2n) is 4.53. The summed E-state index contributed by atoms with van der Waals surface area (Å²) in [6, 6.07) is 7.92. The van der Waals surface area contributed by atoms with Crippen LogP contribution in [-0.2, 0) is 6.42 Å². The summed E-state index contributed by atoms with van der Waals surface area (Å²) < 4.78 is 0. The van der Waals surface area contributed by atoms with Crippen LogP contribution < -0.4 is 10.6 Å². The van der Waals surface area contributed by atoms with Gasteiger partial charge in [-0.05, 0) is 30.5 Å². The Morgan fingerprint density at radius 3 is 2.39 bits per heavy atom. The quantitative estimate of drug-likeness (QED) is 0.705. The zero-order chi connectivity index (χ0) is 13.2. The maximum absolute atomic E-state index is 11.6. The van der Waals surface area contributed by atoms with E-state index in [9.17, 15) is 4.79 Å². The van der Waals surface area contributed by atoms with Gasteiger partial charge in [0, 0.05) is 12.2 Å². The van der Waals surface area contributed by atoms with Crippen molar-refractivity contribution in [3.63, 3.8) is 0 Å². The van der Waals surface area contributed by atoms with Crippen molar-refractivity contribution in [2.24, 2.45) is 0 Å². The van der Waals surface area contributed by atoms with Crippen LogP contribution >= 0.6 is 0 Å². The molecule has 0 aliphatic carbocycles. The second kappa shape index (κ2) is 8.56. The van der Waals surface area contributed by atoms with Crippen LogP contribution in [0.2, 0.25) is 0 Å². The Morgan fingerprint density at radius 1 is 1.06 bits per heavy atom. The van der Waals surface area contributed by atoms with E-state index in [1.165, 1.54) is 12.0 Å². The Balaban J connectivity index is 2.30. The number of hydrogen-bond acceptors (Lipinski definition) is 1. The highest BCUT2D eigenvalue weighted by molar-refractivity contribution is 5.89. The van der Waals surface area contributed by atoms with Crippen LogP contribution in [0.1, 0.15) is 45.1 Å². The van der Waals surface area contributed by atoms with E-state index in [2.05, 4.69) is 36.6 Å². The zero-order valence-electron chi connectivity index (χ0n) is 11.5. The van der Waals surface area contributed by atoms with Crippen LogP contribution in [0.15, 0.2) is 24.3 Å². The van der Waals surface area contributed by atoms with Crippen molar-refractivity contribution in [1.82, 2.24) is 5.32 Å². The smallest absolute Gasteiger partial charge is 0.319 e. The molecule has 0 unspecified atom stereocenters. The van der Waals surface area contributed by atoms with E-state index in [4.69, 9.17) is 0 Å². The molecule has 0 fully saturated rings. The number of carbonyl (C=O) groups excluding carboxylic acids is 1. The maximum Gasteiger partial charge on any atom is 0.319 e. The number of amides is 2. The first kappa shape index (κ1) is 14.6. The lowest BCUT2D eigenvalue weighted by Crippen LogP contribution is -2.29. The molecule has 1 aromatic rings. The van der Waals surface area contributed by atoms with Gasteiger partial charge in [0.15, 0.2) is 0 Å². The molecule has 2 amide bonds. The van der Waals surface area contributed by atoms with E-state index in [-0.39, 0.29) is 6.03 Å². The molecule has 0 aromatic heterocycles. The van der Waals surface area contributed by atoms with Gasteiger partial charge in [0.1, 0.15) is 0 Å². The van der Waals surface area contributed by atoms with Gasteiger partial charge in [-0.15, -0.1) is 0 Å². The van der Waals surface area contributed by atoms with Gasteiger partial charge in [-0.1, -0.05) is 45.2 Å². The van der Waals surface area contributed by atoms with Crippen LogP contribution in [-0.4, -0.2) is 12.6 Å². The zero-order valence-corrected chi connectivity index (χ0v) is 11.5. The van der Waals surface area contributed by atoms with E-state index in [1.807, 2.05) is 12.1 Å². The van der Waals surface area contributed by atoms with Crippen LogP contribution in [0.5, 0.6) is 0 Å². The van der Waals surface area contributed by atoms with Gasteiger partial charge in [0.2, 0.25) is 0 Å². The number of benzene rings is 1. The maximum atomic E-state index is 11.6. The lowest BCUT2D eigenvalue weighted by molar-refractivity contribution is 0.252. The Morgan fingerprint density at radius 2 is 1.78 bits per heavy atom. The molecule has 100 valence electrons. The van der Waals surface area contributed by atoms with Gasteiger partial charge in [0.25, 0.3) is 0 Å². The number of aryl methyl sites for hydroxylation is 1. The minimum atomic E-state index is -0.116. The van der Waals surface area contributed by atoms with Gasteiger partial charge < -0.3 is 10.6 Å². The summed E-state index contributed by atoms with van der Waals surface area (Å²) in [7, 11) is 0. The number of unbranched alkanes of at least 4 members (excludes halogenated alkanes) is 2. The van der Waals surface area contributed by atoms with Crippen molar-refractivity contribution in [1.29, 1.82) is 0 Å². The molecule has 0 aliphatic rings. The highest BCUT2D eigenvalue weighted by atomic mass is 16.2. The van der Waals surface area contributed by atoms with Gasteiger partial charge in [-0.2, -0.15) is 0 Å². The number of anilines is 1. The van der Waals surface area contributed by atoms with Gasteiger partial charge in [0.05, 0.1) is 0 Å². The van der Waals surface area contributed by atoms with E-state index < -0.39 is 0 Å². The second-order valence-corrected chi connectivity index (χ2v) is 4.53. The fourth-order valence-corrected chi connectivity index (χ4v) is 1.80. The topological polar surface area (TPSA) is 41.1 Å². The SMILES string of the molecule is CCCCCNC(=O)Nc1ccc(CCC)cc1. The third-order valence-electron chi connectivity index (χ3n) is 2.82. The Hall–Kier alpha value is -1.51. The molecule has 3 heteroatoms. The molecular formula is C15H24N2O. The van der Waals surface area contributed by atoms with E-state index in [0.717, 1.165) is 37.9 Å². The molecule has 0 saturated carbocycles. The number of rotatable bonds is 7. The number of hydrogen-bond donors (Lipinski definition) is 2. The molecular weight excluding hydrogens is 224 g/mol. The molecule has 1 rings (SSSR count). The van der Waals surface area contributed by atoms with Crippen LogP contribution in [0, 0.1) is 0 Å². The van der Waals surface area contributed by atoms with Crippen molar-refractivity contribution < 1.29 is 4.79 Å². The average molecular weight is 248 g/mol. The lowest BCUT2D eigenvalue weighted by Gasteiger charge is -2.08. The largest absolute Gasteiger partial charge is 0.338 e. The molecule has 0 radical (unpaired) electrons. The standard InChI is InChI=1S/C15H24N2O/c1-3-5-6-12-16-15(18)17-14-10-8-13(7-4-2)9-11-14/h8-11H,3-7,12H2,1-2H3,(H2,16,17,18). The summed E-state index contributed by atoms with van der Waals surface area (Å²) >= 11 is 0. The summed E-state index contributed by atoms with van der Waals surface area (Å²) in [5.74, 6) is 0. The fourth-order valence-electron chi connectivity index (χ4n) is 1.80. The molecule has 0 atom stereocenters. The summed E-state index contributed by atoms with van der Waals surface area (Å²) in [5, 5.41) is 5.69. The monoisotopic (exact) mass is 248 g/mol. The van der Waals surface area contributed by atoms with Gasteiger partial charge in [-0.25, -0.2) is 4.79 Å². The first-order valence-corrected chi connectivity index (χ1v) is 6.90. The fraction of sp³-hybridized carbons (Fsp3) is 0.533. The van der Waals surface area contributed by atoms with Gasteiger partial charge in [-0.3, -0.25) is 0 Å². The Kier molecular flexibility index (Phi) is 6.92. The molecule has 2 N–H and O–H groups in total. The third kappa shape index (κ3) is 5.71.